The minimum atomic E-state index is 0.572. The number of rotatable bonds is 5. The molecule has 0 spiro atoms. The zero-order valence-electron chi connectivity index (χ0n) is 14.6. The third-order valence-electron chi connectivity index (χ3n) is 3.84. The summed E-state index contributed by atoms with van der Waals surface area (Å²) in [6, 6.07) is 10.2. The number of H-pyrrole nitrogens is 1. The van der Waals surface area contributed by atoms with E-state index in [4.69, 9.17) is 0 Å². The number of aliphatic imine (C=N–C) groups is 1. The highest BCUT2D eigenvalue weighted by Gasteiger charge is 2.06. The van der Waals surface area contributed by atoms with Crippen molar-refractivity contribution in [1.82, 2.24) is 25.6 Å². The topological polar surface area (TPSA) is 78.0 Å². The molecule has 1 aromatic carbocycles. The van der Waals surface area contributed by atoms with Crippen molar-refractivity contribution in [1.29, 1.82) is 0 Å². The van der Waals surface area contributed by atoms with Crippen molar-refractivity contribution in [2.24, 2.45) is 4.99 Å². The Labute approximate surface area is 151 Å². The van der Waals surface area contributed by atoms with Gasteiger partial charge in [-0.2, -0.15) is 0 Å². The molecule has 6 nitrogen and oxygen atoms in total. The van der Waals surface area contributed by atoms with E-state index < -0.39 is 0 Å². The molecule has 130 valence electrons. The Hall–Kier alpha value is -2.67. The Morgan fingerprint density at radius 2 is 1.92 bits per heavy atom. The molecule has 0 saturated carbocycles. The number of aryl methyl sites for hydroxylation is 2. The van der Waals surface area contributed by atoms with Crippen LogP contribution in [0, 0.1) is 13.8 Å². The largest absolute Gasteiger partial charge is 0.350 e. The molecule has 7 heteroatoms. The number of nitrogens with zero attached hydrogens (tertiary/aromatic N) is 3. The average Bonchev–Trinajstić information content (AvgIpc) is 3.23. The van der Waals surface area contributed by atoms with Gasteiger partial charge in [0.15, 0.2) is 5.96 Å². The fourth-order valence-corrected chi connectivity index (χ4v) is 3.25. The number of hydrogen-bond acceptors (Lipinski definition) is 4. The third kappa shape index (κ3) is 4.45. The van der Waals surface area contributed by atoms with Gasteiger partial charge in [0.1, 0.15) is 10.8 Å². The highest BCUT2D eigenvalue weighted by molar-refractivity contribution is 7.11. The van der Waals surface area contributed by atoms with Crippen LogP contribution in [-0.4, -0.2) is 28.0 Å². The van der Waals surface area contributed by atoms with Crippen molar-refractivity contribution < 1.29 is 0 Å². The van der Waals surface area contributed by atoms with Crippen molar-refractivity contribution in [2.75, 3.05) is 7.05 Å². The van der Waals surface area contributed by atoms with Gasteiger partial charge in [0.25, 0.3) is 0 Å². The molecule has 0 aliphatic heterocycles. The van der Waals surface area contributed by atoms with Crippen LogP contribution in [0.1, 0.15) is 21.4 Å². The predicted molar refractivity (Wildman–Crippen MR) is 103 cm³/mol. The first-order valence-electron chi connectivity index (χ1n) is 8.12. The summed E-state index contributed by atoms with van der Waals surface area (Å²) in [7, 11) is 1.76. The van der Waals surface area contributed by atoms with Crippen LogP contribution in [0.3, 0.4) is 0 Å². The first kappa shape index (κ1) is 17.2. The summed E-state index contributed by atoms with van der Waals surface area (Å²) in [4.78, 5) is 17.8. The van der Waals surface area contributed by atoms with E-state index in [1.165, 1.54) is 4.88 Å². The SMILES string of the molecule is CN=C(NCc1ncc(-c2ccccc2)[nH]1)NCc1nc(C)c(C)s1. The quantitative estimate of drug-likeness (QED) is 0.486. The van der Waals surface area contributed by atoms with E-state index in [1.54, 1.807) is 18.4 Å². The maximum Gasteiger partial charge on any atom is 0.191 e. The van der Waals surface area contributed by atoms with Crippen molar-refractivity contribution in [2.45, 2.75) is 26.9 Å². The van der Waals surface area contributed by atoms with Crippen LogP contribution >= 0.6 is 11.3 Å². The van der Waals surface area contributed by atoms with Crippen molar-refractivity contribution in [3.8, 4) is 11.3 Å². The summed E-state index contributed by atoms with van der Waals surface area (Å²) >= 11 is 1.71. The maximum absolute atomic E-state index is 4.53. The normalized spacial score (nSPS) is 11.6. The second-order valence-electron chi connectivity index (χ2n) is 5.64. The molecule has 0 saturated heterocycles. The van der Waals surface area contributed by atoms with Gasteiger partial charge in [-0.15, -0.1) is 11.3 Å². The van der Waals surface area contributed by atoms with E-state index in [2.05, 4.69) is 49.6 Å². The smallest absolute Gasteiger partial charge is 0.191 e. The molecule has 0 radical (unpaired) electrons. The van der Waals surface area contributed by atoms with Crippen LogP contribution in [0.5, 0.6) is 0 Å². The van der Waals surface area contributed by atoms with Crippen LogP contribution < -0.4 is 10.6 Å². The molecule has 2 aromatic heterocycles. The molecule has 0 unspecified atom stereocenters. The zero-order valence-corrected chi connectivity index (χ0v) is 15.4. The fourth-order valence-electron chi connectivity index (χ4n) is 2.38. The number of aromatic nitrogens is 3. The highest BCUT2D eigenvalue weighted by Crippen LogP contribution is 2.16. The molecule has 0 amide bonds. The van der Waals surface area contributed by atoms with Gasteiger partial charge in [-0.3, -0.25) is 4.99 Å². The standard InChI is InChI=1S/C18H22N6S/c1-12-13(2)25-17(23-12)11-22-18(19-3)21-10-16-20-9-15(24-16)14-7-5-4-6-8-14/h4-9H,10-11H2,1-3H3,(H,20,24)(H2,19,21,22). The molecule has 0 bridgehead atoms. The fraction of sp³-hybridized carbons (Fsp3) is 0.278. The van der Waals surface area contributed by atoms with E-state index in [1.807, 2.05) is 31.3 Å². The Bertz CT molecular complexity index is 830. The molecular weight excluding hydrogens is 332 g/mol. The second kappa shape index (κ2) is 7.94. The lowest BCUT2D eigenvalue weighted by atomic mass is 10.2. The van der Waals surface area contributed by atoms with Crippen LogP contribution in [0.2, 0.25) is 0 Å². The molecule has 0 fully saturated rings. The van der Waals surface area contributed by atoms with Crippen LogP contribution in [0.15, 0.2) is 41.5 Å². The molecule has 25 heavy (non-hydrogen) atoms. The van der Waals surface area contributed by atoms with E-state index in [-0.39, 0.29) is 0 Å². The van der Waals surface area contributed by atoms with Gasteiger partial charge in [-0.25, -0.2) is 9.97 Å². The van der Waals surface area contributed by atoms with Gasteiger partial charge >= 0.3 is 0 Å². The zero-order chi connectivity index (χ0) is 17.6. The Balaban J connectivity index is 1.54. The highest BCUT2D eigenvalue weighted by atomic mass is 32.1. The van der Waals surface area contributed by atoms with E-state index in [9.17, 15) is 0 Å². The van der Waals surface area contributed by atoms with E-state index >= 15 is 0 Å². The molecule has 0 aliphatic carbocycles. The molecule has 2 heterocycles. The number of imidazole rings is 1. The monoisotopic (exact) mass is 354 g/mol. The van der Waals surface area contributed by atoms with Crippen LogP contribution in [0.25, 0.3) is 11.3 Å². The molecule has 0 aliphatic rings. The Morgan fingerprint density at radius 1 is 1.16 bits per heavy atom. The second-order valence-corrected chi connectivity index (χ2v) is 6.93. The number of thiazole rings is 1. The molecule has 3 rings (SSSR count). The minimum absolute atomic E-state index is 0.572. The predicted octanol–water partition coefficient (Wildman–Crippen LogP) is 3.02. The number of hydrogen-bond donors (Lipinski definition) is 3. The number of aromatic amines is 1. The Kier molecular flexibility index (Phi) is 5.45. The maximum atomic E-state index is 4.53. The molecule has 3 N–H and O–H groups in total. The van der Waals surface area contributed by atoms with Crippen LogP contribution in [-0.2, 0) is 13.1 Å². The lowest BCUT2D eigenvalue weighted by Gasteiger charge is -2.09. The van der Waals surface area contributed by atoms with Crippen LogP contribution in [0.4, 0.5) is 0 Å². The van der Waals surface area contributed by atoms with Crippen molar-refractivity contribution >= 4 is 17.3 Å². The summed E-state index contributed by atoms with van der Waals surface area (Å²) in [6.07, 6.45) is 1.85. The van der Waals surface area contributed by atoms with Gasteiger partial charge < -0.3 is 15.6 Å². The van der Waals surface area contributed by atoms with Gasteiger partial charge in [0, 0.05) is 11.9 Å². The van der Waals surface area contributed by atoms with E-state index in [0.29, 0.717) is 13.1 Å². The number of benzene rings is 1. The average molecular weight is 354 g/mol. The summed E-state index contributed by atoms with van der Waals surface area (Å²) in [5, 5.41) is 7.60. The van der Waals surface area contributed by atoms with Gasteiger partial charge in [-0.1, -0.05) is 30.3 Å². The minimum Gasteiger partial charge on any atom is -0.350 e. The van der Waals surface area contributed by atoms with Crippen molar-refractivity contribution in [3.63, 3.8) is 0 Å². The number of nitrogens with one attached hydrogen (secondary N) is 3. The molecular formula is C18H22N6S. The Morgan fingerprint density at radius 3 is 2.60 bits per heavy atom. The third-order valence-corrected chi connectivity index (χ3v) is 4.91. The summed E-state index contributed by atoms with van der Waals surface area (Å²) in [6.45, 7) is 5.35. The summed E-state index contributed by atoms with van der Waals surface area (Å²) in [5.74, 6) is 1.59. The van der Waals surface area contributed by atoms with Gasteiger partial charge in [0.2, 0.25) is 0 Å². The summed E-state index contributed by atoms with van der Waals surface area (Å²) < 4.78 is 0. The first-order chi connectivity index (χ1) is 12.2. The lowest BCUT2D eigenvalue weighted by molar-refractivity contribution is 0.778. The molecule has 0 atom stereocenters. The van der Waals surface area contributed by atoms with Gasteiger partial charge in [0.05, 0.1) is 30.7 Å². The lowest BCUT2D eigenvalue weighted by Crippen LogP contribution is -2.36. The van der Waals surface area contributed by atoms with Crippen molar-refractivity contribution in [3.05, 3.63) is 57.9 Å². The van der Waals surface area contributed by atoms with Gasteiger partial charge in [-0.05, 0) is 19.4 Å². The summed E-state index contributed by atoms with van der Waals surface area (Å²) in [5.41, 5.74) is 3.22. The number of guanidine groups is 1. The first-order valence-corrected chi connectivity index (χ1v) is 8.94. The van der Waals surface area contributed by atoms with E-state index in [0.717, 1.165) is 33.7 Å². The molecule has 3 aromatic rings.